The maximum Gasteiger partial charge on any atom is 0.410 e. The summed E-state index contributed by atoms with van der Waals surface area (Å²) in [5, 5.41) is 0.258. The molecule has 0 N–H and O–H groups in total. The van der Waals surface area contributed by atoms with Crippen LogP contribution in [0.2, 0.25) is 18.1 Å². The molecule has 1 aromatic heterocycles. The minimum Gasteiger partial charge on any atom is -0.444 e. The van der Waals surface area contributed by atoms with Crippen molar-refractivity contribution in [3.8, 4) is 11.8 Å². The van der Waals surface area contributed by atoms with Gasteiger partial charge in [0, 0.05) is 49.0 Å². The molecule has 3 heterocycles. The smallest absolute Gasteiger partial charge is 0.410 e. The summed E-state index contributed by atoms with van der Waals surface area (Å²) in [7, 11) is -1.65. The van der Waals surface area contributed by atoms with Gasteiger partial charge in [-0.15, -0.1) is 0 Å². The first-order valence-electron chi connectivity index (χ1n) is 12.9. The molecule has 0 aliphatic carbocycles. The number of fused-ring (bicyclic) bond motifs is 2. The second kappa shape index (κ2) is 10.4. The molecule has 3 unspecified atom stereocenters. The van der Waals surface area contributed by atoms with E-state index in [4.69, 9.17) is 9.16 Å². The number of unbranched alkanes of at least 4 members (excludes halogenated alkanes) is 2. The van der Waals surface area contributed by atoms with E-state index in [0.717, 1.165) is 50.7 Å². The molecule has 1 aromatic rings. The van der Waals surface area contributed by atoms with Gasteiger partial charge in [-0.3, -0.25) is 4.98 Å². The van der Waals surface area contributed by atoms with Crippen molar-refractivity contribution in [2.75, 3.05) is 6.61 Å². The summed E-state index contributed by atoms with van der Waals surface area (Å²) in [6.45, 7) is 18.0. The lowest BCUT2D eigenvalue weighted by atomic mass is 9.84. The van der Waals surface area contributed by atoms with Gasteiger partial charge in [-0.05, 0) is 82.6 Å². The van der Waals surface area contributed by atoms with Crippen molar-refractivity contribution in [3.05, 3.63) is 29.6 Å². The summed E-state index contributed by atoms with van der Waals surface area (Å²) >= 11 is 0. The quantitative estimate of drug-likeness (QED) is 0.251. The Morgan fingerprint density at radius 3 is 2.56 bits per heavy atom. The van der Waals surface area contributed by atoms with Crippen molar-refractivity contribution < 1.29 is 14.0 Å². The molecule has 2 bridgehead atoms. The highest BCUT2D eigenvalue weighted by Gasteiger charge is 2.50. The molecular weight excluding hydrogens is 440 g/mol. The van der Waals surface area contributed by atoms with E-state index < -0.39 is 13.9 Å². The van der Waals surface area contributed by atoms with Gasteiger partial charge in [-0.2, -0.15) is 0 Å². The summed E-state index contributed by atoms with van der Waals surface area (Å²) in [6, 6.07) is 2.64. The Kier molecular flexibility index (Phi) is 8.20. The first-order chi connectivity index (χ1) is 15.8. The van der Waals surface area contributed by atoms with E-state index in [0.29, 0.717) is 5.92 Å². The number of ether oxygens (including phenoxy) is 1. The van der Waals surface area contributed by atoms with Crippen LogP contribution < -0.4 is 0 Å². The topological polar surface area (TPSA) is 51.7 Å². The molecule has 0 spiro atoms. The molecule has 2 saturated heterocycles. The van der Waals surface area contributed by atoms with Crippen molar-refractivity contribution in [2.24, 2.45) is 0 Å². The fraction of sp³-hybridized carbons (Fsp3) is 0.714. The average Bonchev–Trinajstić information content (AvgIpc) is 3.30. The van der Waals surface area contributed by atoms with Gasteiger partial charge < -0.3 is 14.1 Å². The van der Waals surface area contributed by atoms with Crippen LogP contribution in [0.25, 0.3) is 0 Å². The Morgan fingerprint density at radius 1 is 1.15 bits per heavy atom. The van der Waals surface area contributed by atoms with Crippen LogP contribution >= 0.6 is 0 Å². The largest absolute Gasteiger partial charge is 0.444 e. The number of aromatic nitrogens is 1. The second-order valence-corrected chi connectivity index (χ2v) is 17.2. The first kappa shape index (κ1) is 26.8. The third kappa shape index (κ3) is 6.64. The third-order valence-electron chi connectivity index (χ3n) is 7.53. The number of pyridine rings is 1. The summed E-state index contributed by atoms with van der Waals surface area (Å²) in [6.07, 6.45) is 9.65. The number of rotatable bonds is 6. The highest BCUT2D eigenvalue weighted by atomic mass is 28.4. The highest BCUT2D eigenvalue weighted by molar-refractivity contribution is 6.74. The summed E-state index contributed by atoms with van der Waals surface area (Å²) in [5.74, 6) is 6.93. The van der Waals surface area contributed by atoms with E-state index >= 15 is 0 Å². The SMILES string of the molecule is CC(C)(C)OC(=O)N1C2CCC1C(c1cncc(C#CCCCCO[Si](C)(C)C(C)(C)C)c1)C2. The summed E-state index contributed by atoms with van der Waals surface area (Å²) in [5.41, 5.74) is 1.68. The van der Waals surface area contributed by atoms with Crippen LogP contribution in [0.5, 0.6) is 0 Å². The van der Waals surface area contributed by atoms with Crippen LogP contribution in [0.4, 0.5) is 4.79 Å². The third-order valence-corrected chi connectivity index (χ3v) is 12.1. The maximum absolute atomic E-state index is 12.8. The molecule has 6 heteroatoms. The van der Waals surface area contributed by atoms with E-state index in [1.165, 1.54) is 5.56 Å². The zero-order valence-electron chi connectivity index (χ0n) is 22.5. The van der Waals surface area contributed by atoms with Crippen molar-refractivity contribution in [1.29, 1.82) is 0 Å². The van der Waals surface area contributed by atoms with Crippen LogP contribution in [-0.2, 0) is 9.16 Å². The minimum atomic E-state index is -1.65. The van der Waals surface area contributed by atoms with Crippen LogP contribution in [0, 0.1) is 11.8 Å². The molecule has 2 aliphatic rings. The summed E-state index contributed by atoms with van der Waals surface area (Å²) in [4.78, 5) is 19.2. The van der Waals surface area contributed by atoms with Crippen LogP contribution in [-0.4, -0.2) is 48.6 Å². The molecule has 3 atom stereocenters. The minimum absolute atomic E-state index is 0.177. The zero-order valence-corrected chi connectivity index (χ0v) is 23.5. The Hall–Kier alpha value is -1.84. The number of carbonyl (C=O) groups excluding carboxylic acids is 1. The van der Waals surface area contributed by atoms with Crippen LogP contribution in [0.1, 0.15) is 97.1 Å². The lowest BCUT2D eigenvalue weighted by molar-refractivity contribution is 0.0213. The number of carbonyl (C=O) groups is 1. The van der Waals surface area contributed by atoms with Gasteiger partial charge >= 0.3 is 6.09 Å². The van der Waals surface area contributed by atoms with Crippen molar-refractivity contribution in [3.63, 3.8) is 0 Å². The average molecular weight is 485 g/mol. The lowest BCUT2D eigenvalue weighted by Gasteiger charge is -2.36. The van der Waals surface area contributed by atoms with Gasteiger partial charge in [0.15, 0.2) is 8.32 Å². The van der Waals surface area contributed by atoms with Crippen molar-refractivity contribution in [1.82, 2.24) is 9.88 Å². The molecular formula is C28H44N2O3Si. The molecule has 188 valence electrons. The second-order valence-electron chi connectivity index (χ2n) is 12.4. The Balaban J connectivity index is 1.52. The Bertz CT molecular complexity index is 920. The lowest BCUT2D eigenvalue weighted by Crippen LogP contribution is -2.40. The van der Waals surface area contributed by atoms with Crippen molar-refractivity contribution in [2.45, 2.75) is 122 Å². The standard InChI is InChI=1S/C28H44N2O3Si/c1-27(2,3)33-26(31)30-23-14-15-25(30)24(18-23)22-17-21(19-29-20-22)13-11-9-10-12-16-32-34(7,8)28(4,5)6/h17,19-20,23-25H,9-10,12,14-16,18H2,1-8H3. The molecule has 34 heavy (non-hydrogen) atoms. The van der Waals surface area contributed by atoms with Gasteiger partial charge in [0.25, 0.3) is 0 Å². The fourth-order valence-corrected chi connectivity index (χ4v) is 5.79. The zero-order chi connectivity index (χ0) is 25.1. The van der Waals surface area contributed by atoms with E-state index in [2.05, 4.69) is 56.8 Å². The predicted molar refractivity (Wildman–Crippen MR) is 140 cm³/mol. The fourth-order valence-electron chi connectivity index (χ4n) is 4.70. The van der Waals surface area contributed by atoms with E-state index in [-0.39, 0.29) is 23.2 Å². The Morgan fingerprint density at radius 2 is 1.88 bits per heavy atom. The molecule has 2 fully saturated rings. The number of amides is 1. The number of nitrogens with zero attached hydrogens (tertiary/aromatic N) is 2. The van der Waals surface area contributed by atoms with Crippen molar-refractivity contribution >= 4 is 14.4 Å². The van der Waals surface area contributed by atoms with E-state index in [1.54, 1.807) is 0 Å². The van der Waals surface area contributed by atoms with E-state index in [1.807, 2.05) is 38.1 Å². The van der Waals surface area contributed by atoms with Gasteiger partial charge in [0.2, 0.25) is 0 Å². The molecule has 3 rings (SSSR count). The van der Waals surface area contributed by atoms with Crippen LogP contribution in [0.15, 0.2) is 18.5 Å². The molecule has 5 nitrogen and oxygen atoms in total. The normalized spacial score (nSPS) is 22.5. The first-order valence-corrected chi connectivity index (χ1v) is 15.8. The molecule has 1 amide bonds. The molecule has 0 aromatic carbocycles. The molecule has 0 saturated carbocycles. The molecule has 2 aliphatic heterocycles. The van der Waals surface area contributed by atoms with E-state index in [9.17, 15) is 4.79 Å². The van der Waals surface area contributed by atoms with Gasteiger partial charge in [0.1, 0.15) is 5.60 Å². The van der Waals surface area contributed by atoms with Gasteiger partial charge in [-0.1, -0.05) is 32.6 Å². The monoisotopic (exact) mass is 484 g/mol. The Labute approximate surface area is 208 Å². The van der Waals surface area contributed by atoms with Gasteiger partial charge in [0.05, 0.1) is 0 Å². The summed E-state index contributed by atoms with van der Waals surface area (Å²) < 4.78 is 11.9. The maximum atomic E-state index is 12.8. The molecule has 0 radical (unpaired) electrons. The predicted octanol–water partition coefficient (Wildman–Crippen LogP) is 6.88. The number of hydrogen-bond acceptors (Lipinski definition) is 4. The van der Waals surface area contributed by atoms with Gasteiger partial charge in [-0.25, -0.2) is 4.79 Å². The van der Waals surface area contributed by atoms with Crippen LogP contribution in [0.3, 0.4) is 0 Å². The highest BCUT2D eigenvalue weighted by Crippen LogP contribution is 2.47. The number of hydrogen-bond donors (Lipinski definition) is 0.